The molecule has 1 saturated heterocycles. The van der Waals surface area contributed by atoms with Crippen molar-refractivity contribution in [2.24, 2.45) is 5.92 Å². The van der Waals surface area contributed by atoms with Gasteiger partial charge in [-0.2, -0.15) is 0 Å². The first-order valence-corrected chi connectivity index (χ1v) is 7.25. The lowest BCUT2D eigenvalue weighted by Crippen LogP contribution is -2.41. The van der Waals surface area contributed by atoms with Gasteiger partial charge in [-0.25, -0.2) is 4.39 Å². The van der Waals surface area contributed by atoms with E-state index in [1.54, 1.807) is 6.07 Å². The lowest BCUT2D eigenvalue weighted by atomic mass is 9.93. The third kappa shape index (κ3) is 5.29. The second-order valence-corrected chi connectivity index (χ2v) is 6.08. The zero-order chi connectivity index (χ0) is 14.6. The standard InChI is InChI=1S/C16H23FN2O.ClH/c1-16(2,13-4-3-5-14(17)10-13)19-15(20)7-6-12-8-9-18-11-12;/h3-5,10,12,18H,6-9,11H2,1-2H3,(H,19,20);1H. The first kappa shape index (κ1) is 17.9. The monoisotopic (exact) mass is 314 g/mol. The number of benzene rings is 1. The number of halogens is 2. The Hall–Kier alpha value is -1.13. The van der Waals surface area contributed by atoms with Crippen LogP contribution in [0, 0.1) is 11.7 Å². The number of carbonyl (C=O) groups excluding carboxylic acids is 1. The maximum atomic E-state index is 13.3. The Morgan fingerprint density at radius 1 is 1.48 bits per heavy atom. The number of amides is 1. The summed E-state index contributed by atoms with van der Waals surface area (Å²) >= 11 is 0. The molecule has 118 valence electrons. The highest BCUT2D eigenvalue weighted by Crippen LogP contribution is 2.21. The van der Waals surface area contributed by atoms with Gasteiger partial charge in [0.1, 0.15) is 5.82 Å². The molecule has 1 amide bonds. The van der Waals surface area contributed by atoms with Crippen LogP contribution in [0.15, 0.2) is 24.3 Å². The summed E-state index contributed by atoms with van der Waals surface area (Å²) in [5, 5.41) is 6.30. The van der Waals surface area contributed by atoms with Crippen LogP contribution in [0.2, 0.25) is 0 Å². The first-order valence-electron chi connectivity index (χ1n) is 7.25. The molecule has 21 heavy (non-hydrogen) atoms. The van der Waals surface area contributed by atoms with E-state index in [0.717, 1.165) is 31.5 Å². The van der Waals surface area contributed by atoms with Crippen molar-refractivity contribution >= 4 is 18.3 Å². The minimum atomic E-state index is -0.549. The van der Waals surface area contributed by atoms with E-state index < -0.39 is 5.54 Å². The van der Waals surface area contributed by atoms with E-state index in [9.17, 15) is 9.18 Å². The molecule has 2 rings (SSSR count). The summed E-state index contributed by atoms with van der Waals surface area (Å²) in [6, 6.07) is 6.39. The van der Waals surface area contributed by atoms with E-state index in [0.29, 0.717) is 12.3 Å². The lowest BCUT2D eigenvalue weighted by Gasteiger charge is -2.27. The predicted octanol–water partition coefficient (Wildman–Crippen LogP) is 2.99. The van der Waals surface area contributed by atoms with Crippen molar-refractivity contribution in [3.8, 4) is 0 Å². The van der Waals surface area contributed by atoms with Gasteiger partial charge in [0.15, 0.2) is 0 Å². The Bertz CT molecular complexity index is 473. The van der Waals surface area contributed by atoms with E-state index in [2.05, 4.69) is 10.6 Å². The molecule has 2 N–H and O–H groups in total. The van der Waals surface area contributed by atoms with E-state index in [1.165, 1.54) is 12.1 Å². The summed E-state index contributed by atoms with van der Waals surface area (Å²) < 4.78 is 13.3. The molecule has 0 saturated carbocycles. The summed E-state index contributed by atoms with van der Waals surface area (Å²) in [6.07, 6.45) is 2.60. The average Bonchev–Trinajstić information content (AvgIpc) is 2.89. The quantitative estimate of drug-likeness (QED) is 0.877. The van der Waals surface area contributed by atoms with Crippen molar-refractivity contribution in [2.75, 3.05) is 13.1 Å². The van der Waals surface area contributed by atoms with Crippen LogP contribution in [-0.2, 0) is 10.3 Å². The summed E-state index contributed by atoms with van der Waals surface area (Å²) in [4.78, 5) is 12.0. The maximum Gasteiger partial charge on any atom is 0.220 e. The predicted molar refractivity (Wildman–Crippen MR) is 85.0 cm³/mol. The van der Waals surface area contributed by atoms with Crippen molar-refractivity contribution in [2.45, 2.75) is 38.6 Å². The van der Waals surface area contributed by atoms with Crippen molar-refractivity contribution in [1.82, 2.24) is 10.6 Å². The van der Waals surface area contributed by atoms with Crippen LogP contribution in [0.25, 0.3) is 0 Å². The molecule has 0 spiro atoms. The molecule has 1 aromatic carbocycles. The molecule has 1 aromatic rings. The number of hydrogen-bond acceptors (Lipinski definition) is 2. The van der Waals surface area contributed by atoms with Gasteiger partial charge in [-0.05, 0) is 63.4 Å². The number of hydrogen-bond donors (Lipinski definition) is 2. The second kappa shape index (κ2) is 7.76. The number of rotatable bonds is 5. The topological polar surface area (TPSA) is 41.1 Å². The summed E-state index contributed by atoms with van der Waals surface area (Å²) in [5.41, 5.74) is 0.237. The van der Waals surface area contributed by atoms with E-state index in [-0.39, 0.29) is 24.1 Å². The molecule has 1 aliphatic rings. The molecule has 1 atom stereocenters. The van der Waals surface area contributed by atoms with Crippen molar-refractivity contribution < 1.29 is 9.18 Å². The lowest BCUT2D eigenvalue weighted by molar-refractivity contribution is -0.123. The SMILES string of the molecule is CC(C)(NC(=O)CCC1CCNC1)c1cccc(F)c1.Cl. The normalized spacial score (nSPS) is 18.1. The fraction of sp³-hybridized carbons (Fsp3) is 0.562. The number of nitrogens with one attached hydrogen (secondary N) is 2. The van der Waals surface area contributed by atoms with Gasteiger partial charge in [-0.15, -0.1) is 12.4 Å². The molecule has 5 heteroatoms. The average molecular weight is 315 g/mol. The third-order valence-electron chi connectivity index (χ3n) is 3.94. The molecule has 0 aromatic heterocycles. The largest absolute Gasteiger partial charge is 0.347 e. The van der Waals surface area contributed by atoms with Gasteiger partial charge in [-0.3, -0.25) is 4.79 Å². The Labute approximate surface area is 132 Å². The molecule has 1 aliphatic heterocycles. The van der Waals surface area contributed by atoms with Crippen LogP contribution in [0.1, 0.15) is 38.7 Å². The van der Waals surface area contributed by atoms with Crippen molar-refractivity contribution in [3.05, 3.63) is 35.6 Å². The van der Waals surface area contributed by atoms with Crippen LogP contribution >= 0.6 is 12.4 Å². The number of carbonyl (C=O) groups is 1. The zero-order valence-corrected chi connectivity index (χ0v) is 13.4. The molecule has 1 fully saturated rings. The Balaban J connectivity index is 0.00000220. The van der Waals surface area contributed by atoms with Gasteiger partial charge in [0.05, 0.1) is 5.54 Å². The van der Waals surface area contributed by atoms with Crippen molar-refractivity contribution in [1.29, 1.82) is 0 Å². The van der Waals surface area contributed by atoms with Crippen LogP contribution < -0.4 is 10.6 Å². The first-order chi connectivity index (χ1) is 9.47. The van der Waals surface area contributed by atoms with Crippen LogP contribution in [0.5, 0.6) is 0 Å². The summed E-state index contributed by atoms with van der Waals surface area (Å²) in [5.74, 6) is 0.367. The van der Waals surface area contributed by atoms with Gasteiger partial charge in [-0.1, -0.05) is 12.1 Å². The molecule has 1 unspecified atom stereocenters. The van der Waals surface area contributed by atoms with Crippen LogP contribution in [0.3, 0.4) is 0 Å². The van der Waals surface area contributed by atoms with Gasteiger partial charge in [0.2, 0.25) is 5.91 Å². The molecule has 1 heterocycles. The van der Waals surface area contributed by atoms with Gasteiger partial charge in [0.25, 0.3) is 0 Å². The minimum Gasteiger partial charge on any atom is -0.347 e. The molecule has 0 bridgehead atoms. The molecular formula is C16H24ClFN2O. The summed E-state index contributed by atoms with van der Waals surface area (Å²) in [6.45, 7) is 5.87. The van der Waals surface area contributed by atoms with Gasteiger partial charge >= 0.3 is 0 Å². The fourth-order valence-corrected chi connectivity index (χ4v) is 2.66. The van der Waals surface area contributed by atoms with E-state index >= 15 is 0 Å². The molecule has 3 nitrogen and oxygen atoms in total. The highest BCUT2D eigenvalue weighted by Gasteiger charge is 2.24. The highest BCUT2D eigenvalue weighted by molar-refractivity contribution is 5.85. The molecule has 0 radical (unpaired) electrons. The van der Waals surface area contributed by atoms with Crippen molar-refractivity contribution in [3.63, 3.8) is 0 Å². The van der Waals surface area contributed by atoms with Crippen LogP contribution in [-0.4, -0.2) is 19.0 Å². The smallest absolute Gasteiger partial charge is 0.220 e. The highest BCUT2D eigenvalue weighted by atomic mass is 35.5. The van der Waals surface area contributed by atoms with Gasteiger partial charge < -0.3 is 10.6 Å². The molecular weight excluding hydrogens is 291 g/mol. The maximum absolute atomic E-state index is 13.3. The second-order valence-electron chi connectivity index (χ2n) is 6.08. The Morgan fingerprint density at radius 3 is 2.86 bits per heavy atom. The minimum absolute atomic E-state index is 0. The third-order valence-corrected chi connectivity index (χ3v) is 3.94. The zero-order valence-electron chi connectivity index (χ0n) is 12.6. The molecule has 0 aliphatic carbocycles. The van der Waals surface area contributed by atoms with E-state index in [4.69, 9.17) is 0 Å². The Morgan fingerprint density at radius 2 is 2.24 bits per heavy atom. The summed E-state index contributed by atoms with van der Waals surface area (Å²) in [7, 11) is 0. The van der Waals surface area contributed by atoms with E-state index in [1.807, 2.05) is 19.9 Å². The fourth-order valence-electron chi connectivity index (χ4n) is 2.66. The van der Waals surface area contributed by atoms with Gasteiger partial charge in [0, 0.05) is 6.42 Å². The van der Waals surface area contributed by atoms with Crippen LogP contribution in [0.4, 0.5) is 4.39 Å². The Kier molecular flexibility index (Phi) is 6.62.